The standard InChI is InChI=1S/C39H42N4O6Si/c1-26-36(50(2,3)48)34(23-35(45)41(20-21-44)24-27-12-5-4-6-13-27)49-39(26)31-17-8-10-19-33(31)42(38(39)47)25-28-14-11-15-29(22-28)43-37(46)30-16-7-9-18-32(30)40-43/h4-19,22,26,34,36,40,44,48H,20-21,23-25H2,1-3H3/t26-,34+,36-,39+/m0/s1. The fraction of sp³-hybridized carbons (Fsp3) is 0.308. The SMILES string of the molecule is C[C@H]1[C@H]([Si](C)(C)O)[C@@H](CC(=O)N(CCO)Cc2ccccc2)O[C@]12C(=O)N(Cc1cccc(-n3[nH]c4ccccc4c3=O)c1)c1ccccc12. The number of aliphatic hydroxyl groups is 1. The average Bonchev–Trinajstić information content (AvgIpc) is 3.68. The highest BCUT2D eigenvalue weighted by atomic mass is 28.4. The van der Waals surface area contributed by atoms with E-state index < -0.39 is 31.5 Å². The number of para-hydroxylation sites is 2. The lowest BCUT2D eigenvalue weighted by Gasteiger charge is -2.32. The molecule has 3 N–H and O–H groups in total. The first-order valence-corrected chi connectivity index (χ1v) is 20.1. The Balaban J connectivity index is 1.20. The van der Waals surface area contributed by atoms with E-state index in [-0.39, 0.29) is 43.5 Å². The van der Waals surface area contributed by atoms with Gasteiger partial charge in [-0.3, -0.25) is 19.5 Å². The van der Waals surface area contributed by atoms with Gasteiger partial charge in [-0.2, -0.15) is 0 Å². The molecular formula is C39H42N4O6Si. The zero-order chi connectivity index (χ0) is 35.2. The van der Waals surface area contributed by atoms with E-state index in [1.807, 2.05) is 117 Å². The monoisotopic (exact) mass is 690 g/mol. The second kappa shape index (κ2) is 13.1. The van der Waals surface area contributed by atoms with Crippen molar-refractivity contribution in [1.82, 2.24) is 14.7 Å². The van der Waals surface area contributed by atoms with Gasteiger partial charge < -0.3 is 24.4 Å². The normalized spacial score (nSPS) is 21.7. The fourth-order valence-corrected chi connectivity index (χ4v) is 10.7. The van der Waals surface area contributed by atoms with Gasteiger partial charge in [-0.1, -0.05) is 79.7 Å². The van der Waals surface area contributed by atoms with Crippen molar-refractivity contribution in [3.63, 3.8) is 0 Å². The minimum absolute atomic E-state index is 0.0304. The lowest BCUT2D eigenvalue weighted by Crippen LogP contribution is -2.46. The van der Waals surface area contributed by atoms with Gasteiger partial charge >= 0.3 is 0 Å². The summed E-state index contributed by atoms with van der Waals surface area (Å²) in [5.74, 6) is -0.878. The maximum atomic E-state index is 14.9. The molecule has 4 atom stereocenters. The first-order valence-electron chi connectivity index (χ1n) is 17.1. The van der Waals surface area contributed by atoms with Crippen molar-refractivity contribution in [3.05, 3.63) is 130 Å². The summed E-state index contributed by atoms with van der Waals surface area (Å²) in [6, 6.07) is 32.1. The number of amides is 2. The van der Waals surface area contributed by atoms with Crippen LogP contribution in [0.3, 0.4) is 0 Å². The third kappa shape index (κ3) is 5.79. The van der Waals surface area contributed by atoms with Gasteiger partial charge in [-0.15, -0.1) is 0 Å². The first kappa shape index (κ1) is 33.7. The number of benzene rings is 4. The molecule has 1 spiro atoms. The van der Waals surface area contributed by atoms with Crippen molar-refractivity contribution in [2.24, 2.45) is 5.92 Å². The predicted molar refractivity (Wildman–Crippen MR) is 194 cm³/mol. The van der Waals surface area contributed by atoms with Gasteiger partial charge in [-0.05, 0) is 54.6 Å². The second-order valence-corrected chi connectivity index (χ2v) is 17.9. The van der Waals surface area contributed by atoms with Gasteiger partial charge in [0.1, 0.15) is 0 Å². The van der Waals surface area contributed by atoms with Crippen LogP contribution in [0.2, 0.25) is 18.6 Å². The van der Waals surface area contributed by atoms with Crippen LogP contribution in [0.5, 0.6) is 0 Å². The van der Waals surface area contributed by atoms with Gasteiger partial charge in [-0.25, -0.2) is 4.68 Å². The minimum atomic E-state index is -3.00. The molecule has 0 unspecified atom stereocenters. The Bertz CT molecular complexity index is 2110. The van der Waals surface area contributed by atoms with Crippen LogP contribution in [-0.4, -0.2) is 64.0 Å². The molecule has 5 aromatic rings. The highest BCUT2D eigenvalue weighted by Gasteiger charge is 2.66. The Morgan fingerprint density at radius 2 is 1.64 bits per heavy atom. The molecule has 50 heavy (non-hydrogen) atoms. The molecule has 0 radical (unpaired) electrons. The number of carbonyl (C=O) groups is 2. The number of anilines is 1. The van der Waals surface area contributed by atoms with Crippen LogP contribution in [0.4, 0.5) is 5.69 Å². The largest absolute Gasteiger partial charge is 0.432 e. The number of hydrogen-bond acceptors (Lipinski definition) is 6. The number of H-pyrrole nitrogens is 1. The van der Waals surface area contributed by atoms with E-state index in [1.165, 1.54) is 4.68 Å². The zero-order valence-corrected chi connectivity index (χ0v) is 29.5. The summed E-state index contributed by atoms with van der Waals surface area (Å²) < 4.78 is 8.39. The second-order valence-electron chi connectivity index (χ2n) is 14.0. The van der Waals surface area contributed by atoms with E-state index in [0.717, 1.165) is 22.2 Å². The molecular weight excluding hydrogens is 649 g/mol. The Kier molecular flexibility index (Phi) is 8.85. The highest BCUT2D eigenvalue weighted by molar-refractivity contribution is 6.71. The van der Waals surface area contributed by atoms with Gasteiger partial charge in [0.25, 0.3) is 11.5 Å². The van der Waals surface area contributed by atoms with Gasteiger partial charge in [0, 0.05) is 30.1 Å². The Morgan fingerprint density at radius 1 is 0.940 bits per heavy atom. The van der Waals surface area contributed by atoms with Crippen LogP contribution in [0.15, 0.2) is 108 Å². The number of aromatic nitrogens is 2. The Morgan fingerprint density at radius 3 is 2.38 bits per heavy atom. The molecule has 2 amide bonds. The smallest absolute Gasteiger partial charge is 0.279 e. The summed E-state index contributed by atoms with van der Waals surface area (Å²) in [6.45, 7) is 6.16. The Hall–Kier alpha value is -4.81. The lowest BCUT2D eigenvalue weighted by atomic mass is 9.82. The van der Waals surface area contributed by atoms with Crippen molar-refractivity contribution >= 4 is 36.7 Å². The van der Waals surface area contributed by atoms with Crippen molar-refractivity contribution in [3.8, 4) is 5.69 Å². The molecule has 1 aromatic heterocycles. The number of carbonyl (C=O) groups excluding carboxylic acids is 2. The maximum Gasteiger partial charge on any atom is 0.279 e. The average molecular weight is 691 g/mol. The zero-order valence-electron chi connectivity index (χ0n) is 28.5. The first-order chi connectivity index (χ1) is 24.0. The van der Waals surface area contributed by atoms with Crippen LogP contribution in [0.25, 0.3) is 16.6 Å². The number of nitrogens with one attached hydrogen (secondary N) is 1. The highest BCUT2D eigenvalue weighted by Crippen LogP contribution is 2.59. The molecule has 0 saturated carbocycles. The van der Waals surface area contributed by atoms with Gasteiger partial charge in [0.15, 0.2) is 13.9 Å². The number of rotatable bonds is 10. The molecule has 2 aliphatic heterocycles. The van der Waals surface area contributed by atoms with E-state index in [2.05, 4.69) is 5.10 Å². The van der Waals surface area contributed by atoms with Crippen molar-refractivity contribution in [2.75, 3.05) is 18.1 Å². The van der Waals surface area contributed by atoms with Crippen LogP contribution in [-0.2, 0) is 33.0 Å². The summed E-state index contributed by atoms with van der Waals surface area (Å²) in [4.78, 5) is 56.9. The molecule has 10 nitrogen and oxygen atoms in total. The van der Waals surface area contributed by atoms with Crippen LogP contribution >= 0.6 is 0 Å². The quantitative estimate of drug-likeness (QED) is 0.176. The molecule has 0 aliphatic carbocycles. The summed E-state index contributed by atoms with van der Waals surface area (Å²) in [5.41, 5.74) is 2.60. The molecule has 4 aromatic carbocycles. The number of aromatic amines is 1. The van der Waals surface area contributed by atoms with E-state index in [9.17, 15) is 24.3 Å². The number of fused-ring (bicyclic) bond motifs is 3. The molecule has 0 bridgehead atoms. The van der Waals surface area contributed by atoms with Gasteiger partial charge in [0.05, 0.1) is 48.0 Å². The summed E-state index contributed by atoms with van der Waals surface area (Å²) in [5, 5.41) is 13.6. The van der Waals surface area contributed by atoms with Crippen molar-refractivity contribution in [2.45, 2.75) is 56.8 Å². The molecule has 11 heteroatoms. The van der Waals surface area contributed by atoms with Crippen LogP contribution < -0.4 is 10.5 Å². The lowest BCUT2D eigenvalue weighted by molar-refractivity contribution is -0.150. The van der Waals surface area contributed by atoms with E-state index in [4.69, 9.17) is 4.74 Å². The maximum absolute atomic E-state index is 14.9. The van der Waals surface area contributed by atoms with E-state index in [0.29, 0.717) is 23.3 Å². The fourth-order valence-electron chi connectivity index (χ4n) is 8.12. The van der Waals surface area contributed by atoms with Crippen molar-refractivity contribution in [1.29, 1.82) is 0 Å². The predicted octanol–water partition coefficient (Wildman–Crippen LogP) is 5.07. The summed E-state index contributed by atoms with van der Waals surface area (Å²) in [7, 11) is -3.00. The third-order valence-electron chi connectivity index (χ3n) is 10.3. The molecule has 1 fully saturated rings. The van der Waals surface area contributed by atoms with E-state index in [1.54, 1.807) is 15.9 Å². The number of nitrogens with zero attached hydrogens (tertiary/aromatic N) is 3. The molecule has 3 heterocycles. The number of aliphatic hydroxyl groups excluding tert-OH is 1. The molecule has 7 rings (SSSR count). The van der Waals surface area contributed by atoms with Crippen LogP contribution in [0.1, 0.15) is 30.0 Å². The molecule has 1 saturated heterocycles. The molecule has 258 valence electrons. The van der Waals surface area contributed by atoms with Crippen molar-refractivity contribution < 1.29 is 24.2 Å². The van der Waals surface area contributed by atoms with E-state index >= 15 is 0 Å². The number of ether oxygens (including phenoxy) is 1. The molecule has 2 aliphatic rings. The Labute approximate surface area is 291 Å². The topological polar surface area (TPSA) is 128 Å². The number of hydrogen-bond donors (Lipinski definition) is 3. The van der Waals surface area contributed by atoms with Gasteiger partial charge in [0.2, 0.25) is 5.91 Å². The van der Waals surface area contributed by atoms with Crippen LogP contribution in [0, 0.1) is 5.92 Å². The summed E-state index contributed by atoms with van der Waals surface area (Å²) >= 11 is 0. The minimum Gasteiger partial charge on any atom is -0.432 e. The summed E-state index contributed by atoms with van der Waals surface area (Å²) in [6.07, 6.45) is -0.743. The third-order valence-corrected chi connectivity index (χ3v) is 12.8.